The van der Waals surface area contributed by atoms with Gasteiger partial charge in [-0.05, 0) is 37.0 Å². The van der Waals surface area contributed by atoms with Crippen LogP contribution in [0.25, 0.3) is 0 Å². The number of carbonyl (C=O) groups excluding carboxylic acids is 1. The van der Waals surface area contributed by atoms with E-state index in [1.807, 2.05) is 25.3 Å². The van der Waals surface area contributed by atoms with Crippen molar-refractivity contribution in [1.82, 2.24) is 15.1 Å². The van der Waals surface area contributed by atoms with Crippen LogP contribution in [-0.4, -0.2) is 22.2 Å². The molecular weight excluding hydrogens is 293 g/mol. The molecule has 0 saturated heterocycles. The maximum absolute atomic E-state index is 14.2. The van der Waals surface area contributed by atoms with Gasteiger partial charge in [-0.15, -0.1) is 0 Å². The van der Waals surface area contributed by atoms with Crippen LogP contribution >= 0.6 is 0 Å². The van der Waals surface area contributed by atoms with Crippen LogP contribution in [0.1, 0.15) is 36.8 Å². The van der Waals surface area contributed by atoms with Crippen molar-refractivity contribution in [2.24, 2.45) is 0 Å². The van der Waals surface area contributed by atoms with E-state index >= 15 is 0 Å². The highest BCUT2D eigenvalue weighted by molar-refractivity contribution is 5.75. The van der Waals surface area contributed by atoms with Crippen LogP contribution in [0, 0.1) is 12.7 Å². The minimum absolute atomic E-state index is 0.0873. The monoisotopic (exact) mass is 315 g/mol. The summed E-state index contributed by atoms with van der Waals surface area (Å²) >= 11 is 0. The van der Waals surface area contributed by atoms with Crippen LogP contribution in [0.2, 0.25) is 0 Å². The van der Waals surface area contributed by atoms with Gasteiger partial charge in [0.25, 0.3) is 0 Å². The van der Waals surface area contributed by atoms with Gasteiger partial charge in [-0.1, -0.05) is 31.0 Å². The van der Waals surface area contributed by atoms with Gasteiger partial charge in [0, 0.05) is 18.2 Å². The van der Waals surface area contributed by atoms with Gasteiger partial charge >= 0.3 is 0 Å². The lowest BCUT2D eigenvalue weighted by atomic mass is 9.78. The molecule has 0 bridgehead atoms. The quantitative estimate of drug-likeness (QED) is 0.922. The minimum atomic E-state index is -0.277. The van der Waals surface area contributed by atoms with E-state index in [2.05, 4.69) is 10.4 Å². The second-order valence-corrected chi connectivity index (χ2v) is 6.46. The normalized spacial score (nSPS) is 16.4. The molecule has 5 heteroatoms. The molecule has 2 aromatic rings. The second-order valence-electron chi connectivity index (χ2n) is 6.46. The Morgan fingerprint density at radius 2 is 2.09 bits per heavy atom. The van der Waals surface area contributed by atoms with Crippen LogP contribution < -0.4 is 5.32 Å². The van der Waals surface area contributed by atoms with Gasteiger partial charge in [0.15, 0.2) is 0 Å². The van der Waals surface area contributed by atoms with Gasteiger partial charge in [-0.2, -0.15) is 5.10 Å². The third kappa shape index (κ3) is 3.44. The minimum Gasteiger partial charge on any atom is -0.354 e. The van der Waals surface area contributed by atoms with Crippen LogP contribution in [0.5, 0.6) is 0 Å². The highest BCUT2D eigenvalue weighted by Crippen LogP contribution is 2.41. The number of nitrogens with one attached hydrogen (secondary N) is 1. The molecule has 1 aromatic heterocycles. The Kier molecular flexibility index (Phi) is 4.46. The van der Waals surface area contributed by atoms with E-state index < -0.39 is 0 Å². The highest BCUT2D eigenvalue weighted by Gasteiger charge is 2.37. The summed E-state index contributed by atoms with van der Waals surface area (Å²) in [4.78, 5) is 12.2. The van der Waals surface area contributed by atoms with Crippen molar-refractivity contribution in [3.63, 3.8) is 0 Å². The number of hydrogen-bond donors (Lipinski definition) is 1. The predicted octanol–water partition coefficient (Wildman–Crippen LogP) is 2.96. The summed E-state index contributed by atoms with van der Waals surface area (Å²) in [6.45, 7) is 2.61. The fraction of sp³-hybridized carbons (Fsp3) is 0.444. The van der Waals surface area contributed by atoms with Crippen LogP contribution in [-0.2, 0) is 16.8 Å². The Labute approximate surface area is 135 Å². The fourth-order valence-corrected chi connectivity index (χ4v) is 3.51. The van der Waals surface area contributed by atoms with Crippen LogP contribution in [0.4, 0.5) is 4.39 Å². The molecule has 23 heavy (non-hydrogen) atoms. The lowest BCUT2D eigenvalue weighted by molar-refractivity contribution is -0.122. The van der Waals surface area contributed by atoms with Crippen LogP contribution in [0.15, 0.2) is 36.7 Å². The summed E-state index contributed by atoms with van der Waals surface area (Å²) in [6, 6.07) is 6.93. The van der Waals surface area contributed by atoms with E-state index in [0.717, 1.165) is 36.8 Å². The number of halogens is 1. The number of aromatic nitrogens is 2. The van der Waals surface area contributed by atoms with Gasteiger partial charge in [-0.25, -0.2) is 4.39 Å². The second kappa shape index (κ2) is 6.52. The van der Waals surface area contributed by atoms with Gasteiger partial charge in [0.1, 0.15) is 12.4 Å². The Morgan fingerprint density at radius 3 is 2.74 bits per heavy atom. The Balaban J connectivity index is 1.68. The predicted molar refractivity (Wildman–Crippen MR) is 86.5 cm³/mol. The van der Waals surface area contributed by atoms with Crippen molar-refractivity contribution in [1.29, 1.82) is 0 Å². The van der Waals surface area contributed by atoms with Gasteiger partial charge in [0.05, 0.1) is 6.20 Å². The zero-order chi connectivity index (χ0) is 16.3. The van der Waals surface area contributed by atoms with Gasteiger partial charge in [0.2, 0.25) is 5.91 Å². The molecule has 4 nitrogen and oxygen atoms in total. The lowest BCUT2D eigenvalue weighted by Crippen LogP contribution is -2.40. The molecule has 0 aliphatic heterocycles. The van der Waals surface area contributed by atoms with E-state index in [1.165, 1.54) is 6.07 Å². The van der Waals surface area contributed by atoms with E-state index in [0.29, 0.717) is 6.54 Å². The van der Waals surface area contributed by atoms with E-state index in [9.17, 15) is 9.18 Å². The number of carbonyl (C=O) groups is 1. The molecule has 1 fully saturated rings. The van der Waals surface area contributed by atoms with Crippen molar-refractivity contribution < 1.29 is 9.18 Å². The lowest BCUT2D eigenvalue weighted by Gasteiger charge is -2.30. The first kappa shape index (κ1) is 15.7. The van der Waals surface area contributed by atoms with Crippen molar-refractivity contribution in [2.75, 3.05) is 6.54 Å². The van der Waals surface area contributed by atoms with Gasteiger partial charge in [-0.3, -0.25) is 9.48 Å². The summed E-state index contributed by atoms with van der Waals surface area (Å²) in [7, 11) is 0. The third-order valence-corrected chi connectivity index (χ3v) is 4.70. The Bertz CT molecular complexity index is 689. The largest absolute Gasteiger partial charge is 0.354 e. The van der Waals surface area contributed by atoms with Crippen molar-refractivity contribution >= 4 is 5.91 Å². The average Bonchev–Trinajstić information content (AvgIpc) is 3.16. The molecule has 1 aliphatic carbocycles. The van der Waals surface area contributed by atoms with Crippen molar-refractivity contribution in [2.45, 2.75) is 44.6 Å². The fourth-order valence-electron chi connectivity index (χ4n) is 3.51. The Morgan fingerprint density at radius 1 is 1.35 bits per heavy atom. The molecule has 1 heterocycles. The summed E-state index contributed by atoms with van der Waals surface area (Å²) < 4.78 is 15.9. The zero-order valence-electron chi connectivity index (χ0n) is 13.4. The smallest absolute Gasteiger partial charge is 0.241 e. The average molecular weight is 315 g/mol. The number of benzene rings is 1. The van der Waals surface area contributed by atoms with E-state index in [4.69, 9.17) is 0 Å². The number of nitrogens with zero attached hydrogens (tertiary/aromatic N) is 2. The molecule has 1 aromatic carbocycles. The first-order chi connectivity index (χ1) is 11.1. The summed E-state index contributed by atoms with van der Waals surface area (Å²) in [5.41, 5.74) is 1.48. The highest BCUT2D eigenvalue weighted by atomic mass is 19.1. The molecule has 0 atom stereocenters. The molecule has 1 N–H and O–H groups in total. The van der Waals surface area contributed by atoms with E-state index in [1.54, 1.807) is 16.9 Å². The molecule has 3 rings (SSSR count). The standard InChI is InChI=1S/C18H22FN3O/c1-14-10-21-22(11-14)12-17(23)20-13-18(8-4-5-9-18)15-6-2-3-7-16(15)19/h2-3,6-7,10-11H,4-5,8-9,12-13H2,1H3,(H,20,23). The molecule has 0 unspecified atom stereocenters. The van der Waals surface area contributed by atoms with Gasteiger partial charge < -0.3 is 5.32 Å². The van der Waals surface area contributed by atoms with Crippen molar-refractivity contribution in [3.8, 4) is 0 Å². The molecule has 1 aliphatic rings. The maximum atomic E-state index is 14.2. The molecule has 1 amide bonds. The van der Waals surface area contributed by atoms with Crippen molar-refractivity contribution in [3.05, 3.63) is 53.6 Å². The number of aryl methyl sites for hydroxylation is 1. The molecule has 122 valence electrons. The topological polar surface area (TPSA) is 46.9 Å². The number of hydrogen-bond acceptors (Lipinski definition) is 2. The summed E-state index contributed by atoms with van der Waals surface area (Å²) in [5, 5.41) is 7.10. The van der Waals surface area contributed by atoms with E-state index in [-0.39, 0.29) is 23.7 Å². The SMILES string of the molecule is Cc1cnn(CC(=O)NCC2(c3ccccc3F)CCCC2)c1. The summed E-state index contributed by atoms with van der Waals surface area (Å²) in [6.07, 6.45) is 7.53. The maximum Gasteiger partial charge on any atom is 0.241 e. The zero-order valence-corrected chi connectivity index (χ0v) is 13.4. The molecule has 0 radical (unpaired) electrons. The number of rotatable bonds is 5. The third-order valence-electron chi connectivity index (χ3n) is 4.70. The number of amides is 1. The summed E-state index contributed by atoms with van der Waals surface area (Å²) in [5.74, 6) is -0.262. The first-order valence-electron chi connectivity index (χ1n) is 8.10. The Hall–Kier alpha value is -2.17. The van der Waals surface area contributed by atoms with Crippen LogP contribution in [0.3, 0.4) is 0 Å². The molecular formula is C18H22FN3O. The molecule has 1 saturated carbocycles. The molecule has 0 spiro atoms. The first-order valence-corrected chi connectivity index (χ1v) is 8.10.